The van der Waals surface area contributed by atoms with Crippen molar-refractivity contribution >= 4 is 14.4 Å². The Morgan fingerprint density at radius 1 is 1.19 bits per heavy atom. The quantitative estimate of drug-likeness (QED) is 0.736. The zero-order valence-corrected chi connectivity index (χ0v) is 15.8. The topological polar surface area (TPSA) is 81.8 Å². The summed E-state index contributed by atoms with van der Waals surface area (Å²) in [6.07, 6.45) is -1.33. The lowest BCUT2D eigenvalue weighted by molar-refractivity contribution is -0.000862. The summed E-state index contributed by atoms with van der Waals surface area (Å²) in [5.41, 5.74) is 4.81. The first-order valence-electron chi connectivity index (χ1n) is 7.45. The maximum atomic E-state index is 10.6. The van der Waals surface area contributed by atoms with Crippen LogP contribution in [0.3, 0.4) is 0 Å². The maximum Gasteiger partial charge on any atom is 0.404 e. The van der Waals surface area contributed by atoms with Crippen LogP contribution >= 0.6 is 0 Å². The third-order valence-electron chi connectivity index (χ3n) is 4.11. The molecule has 0 saturated heterocycles. The largest absolute Gasteiger partial charge is 0.447 e. The molecule has 0 bridgehead atoms. The van der Waals surface area contributed by atoms with Gasteiger partial charge >= 0.3 is 6.09 Å². The van der Waals surface area contributed by atoms with Crippen molar-refractivity contribution in [1.29, 1.82) is 0 Å². The molecular formula is C15H33NO4Si. The first-order chi connectivity index (χ1) is 9.17. The Bertz CT molecular complexity index is 345. The maximum absolute atomic E-state index is 10.6. The molecule has 2 unspecified atom stereocenters. The van der Waals surface area contributed by atoms with Crippen LogP contribution < -0.4 is 5.73 Å². The summed E-state index contributed by atoms with van der Waals surface area (Å²) in [6.45, 7) is 17.1. The van der Waals surface area contributed by atoms with Crippen LogP contribution in [0, 0.1) is 5.41 Å². The van der Waals surface area contributed by atoms with Gasteiger partial charge in [-0.25, -0.2) is 4.79 Å². The molecular weight excluding hydrogens is 286 g/mol. The van der Waals surface area contributed by atoms with Crippen LogP contribution in [0.15, 0.2) is 0 Å². The van der Waals surface area contributed by atoms with Crippen LogP contribution in [0.1, 0.15) is 48.0 Å². The molecule has 6 heteroatoms. The fourth-order valence-corrected chi connectivity index (χ4v) is 3.12. The summed E-state index contributed by atoms with van der Waals surface area (Å²) in [7, 11) is -1.93. The van der Waals surface area contributed by atoms with Gasteiger partial charge in [0.25, 0.3) is 0 Å². The van der Waals surface area contributed by atoms with E-state index in [9.17, 15) is 9.90 Å². The lowest BCUT2D eigenvalue weighted by Crippen LogP contribution is -2.48. The third-order valence-corrected chi connectivity index (χ3v) is 8.60. The van der Waals surface area contributed by atoms with Crippen molar-refractivity contribution in [3.63, 3.8) is 0 Å². The second-order valence-corrected chi connectivity index (χ2v) is 13.0. The number of nitrogens with two attached hydrogens (primary N) is 1. The van der Waals surface area contributed by atoms with E-state index in [4.69, 9.17) is 10.2 Å². The van der Waals surface area contributed by atoms with Gasteiger partial charge in [-0.15, -0.1) is 0 Å². The number of aliphatic hydroxyl groups is 1. The van der Waals surface area contributed by atoms with E-state index in [-0.39, 0.29) is 23.2 Å². The molecule has 126 valence electrons. The van der Waals surface area contributed by atoms with Crippen molar-refractivity contribution in [2.24, 2.45) is 11.1 Å². The summed E-state index contributed by atoms with van der Waals surface area (Å²) >= 11 is 0. The predicted molar refractivity (Wildman–Crippen MR) is 87.7 cm³/mol. The number of hydrogen-bond acceptors (Lipinski definition) is 4. The normalized spacial score (nSPS) is 16.4. The molecule has 0 aromatic carbocycles. The van der Waals surface area contributed by atoms with E-state index in [2.05, 4.69) is 59.4 Å². The Hall–Kier alpha value is -0.593. The fraction of sp³-hybridized carbons (Fsp3) is 0.933. The molecule has 2 atom stereocenters. The third kappa shape index (κ3) is 7.29. The summed E-state index contributed by atoms with van der Waals surface area (Å²) in [4.78, 5) is 10.6. The van der Waals surface area contributed by atoms with Crippen LogP contribution in [0.2, 0.25) is 18.1 Å². The molecule has 0 radical (unpaired) electrons. The number of amides is 1. The molecule has 0 saturated carbocycles. The lowest BCUT2D eigenvalue weighted by atomic mass is 9.86. The molecule has 0 fully saturated rings. The predicted octanol–water partition coefficient (Wildman–Crippen LogP) is 3.27. The Kier molecular flexibility index (Phi) is 6.91. The second kappa shape index (κ2) is 7.11. The number of aliphatic hydroxyl groups excluding tert-OH is 1. The van der Waals surface area contributed by atoms with E-state index in [1.54, 1.807) is 0 Å². The summed E-state index contributed by atoms with van der Waals surface area (Å²) in [5.74, 6) is 0. The molecule has 0 heterocycles. The minimum absolute atomic E-state index is 0.0945. The molecule has 0 aromatic rings. The lowest BCUT2D eigenvalue weighted by Gasteiger charge is -2.43. The average Bonchev–Trinajstić information content (AvgIpc) is 2.22. The van der Waals surface area contributed by atoms with Crippen LogP contribution in [0.5, 0.6) is 0 Å². The summed E-state index contributed by atoms with van der Waals surface area (Å²) in [6, 6.07) is 0. The van der Waals surface area contributed by atoms with Gasteiger partial charge in [-0.1, -0.05) is 41.5 Å². The molecule has 0 aliphatic heterocycles. The van der Waals surface area contributed by atoms with Gasteiger partial charge in [0, 0.05) is 6.42 Å². The van der Waals surface area contributed by atoms with Crippen molar-refractivity contribution in [2.45, 2.75) is 78.3 Å². The first-order valence-corrected chi connectivity index (χ1v) is 10.4. The fourth-order valence-electron chi connectivity index (χ4n) is 1.60. The Morgan fingerprint density at radius 2 is 1.67 bits per heavy atom. The Morgan fingerprint density at radius 3 is 2.00 bits per heavy atom. The van der Waals surface area contributed by atoms with Gasteiger partial charge in [-0.2, -0.15) is 0 Å². The minimum Gasteiger partial charge on any atom is -0.447 e. The van der Waals surface area contributed by atoms with Crippen molar-refractivity contribution in [3.05, 3.63) is 0 Å². The Balaban J connectivity index is 4.88. The second-order valence-electron chi connectivity index (χ2n) is 8.25. The molecule has 21 heavy (non-hydrogen) atoms. The number of carbonyl (C=O) groups excluding carboxylic acids is 1. The highest BCUT2D eigenvalue weighted by atomic mass is 28.4. The van der Waals surface area contributed by atoms with Gasteiger partial charge in [0.05, 0.1) is 12.2 Å². The summed E-state index contributed by atoms with van der Waals surface area (Å²) in [5, 5.41) is 10.1. The molecule has 0 aliphatic carbocycles. The molecule has 0 spiro atoms. The highest BCUT2D eigenvalue weighted by Gasteiger charge is 2.42. The summed E-state index contributed by atoms with van der Waals surface area (Å²) < 4.78 is 11.1. The first kappa shape index (κ1) is 20.4. The van der Waals surface area contributed by atoms with E-state index in [1.807, 2.05) is 0 Å². The Labute approximate surface area is 130 Å². The van der Waals surface area contributed by atoms with Crippen LogP contribution in [0.4, 0.5) is 4.79 Å². The highest BCUT2D eigenvalue weighted by Crippen LogP contribution is 2.40. The average molecular weight is 320 g/mol. The van der Waals surface area contributed by atoms with Crippen LogP contribution in [-0.2, 0) is 9.16 Å². The molecule has 5 nitrogen and oxygen atoms in total. The van der Waals surface area contributed by atoms with Gasteiger partial charge in [-0.05, 0) is 23.5 Å². The standard InChI is InChI=1S/C15H33NO4Si/c1-14(2,3)12(9-11(17)10-19-13(16)18)20-21(7,8)15(4,5)6/h11-12,17H,9-10H2,1-8H3,(H2,16,18). The van der Waals surface area contributed by atoms with Crippen LogP contribution in [-0.4, -0.2) is 38.3 Å². The molecule has 0 rings (SSSR count). The molecule has 3 N–H and O–H groups in total. The number of hydrogen-bond donors (Lipinski definition) is 2. The number of rotatable bonds is 6. The SMILES string of the molecule is CC(C)(C)C(CC(O)COC(N)=O)O[Si](C)(C)C(C)(C)C. The monoisotopic (exact) mass is 319 g/mol. The van der Waals surface area contributed by atoms with E-state index >= 15 is 0 Å². The van der Waals surface area contributed by atoms with E-state index < -0.39 is 20.5 Å². The van der Waals surface area contributed by atoms with Gasteiger partial charge in [0.15, 0.2) is 8.32 Å². The zero-order valence-electron chi connectivity index (χ0n) is 14.8. The number of carbonyl (C=O) groups is 1. The van der Waals surface area contributed by atoms with E-state index in [1.165, 1.54) is 0 Å². The van der Waals surface area contributed by atoms with E-state index in [0.29, 0.717) is 6.42 Å². The smallest absolute Gasteiger partial charge is 0.404 e. The highest BCUT2D eigenvalue weighted by molar-refractivity contribution is 6.74. The van der Waals surface area contributed by atoms with Gasteiger partial charge in [-0.3, -0.25) is 0 Å². The van der Waals surface area contributed by atoms with Crippen molar-refractivity contribution in [2.75, 3.05) is 6.61 Å². The van der Waals surface area contributed by atoms with Crippen molar-refractivity contribution < 1.29 is 19.1 Å². The zero-order chi connectivity index (χ0) is 17.1. The van der Waals surface area contributed by atoms with Crippen molar-refractivity contribution in [3.8, 4) is 0 Å². The molecule has 0 aromatic heterocycles. The molecule has 0 aliphatic rings. The number of primary amides is 1. The van der Waals surface area contributed by atoms with Gasteiger partial charge in [0.1, 0.15) is 6.61 Å². The molecule has 1 amide bonds. The minimum atomic E-state index is -1.93. The van der Waals surface area contributed by atoms with Gasteiger partial charge in [0.2, 0.25) is 0 Å². The number of ether oxygens (including phenoxy) is 1. The van der Waals surface area contributed by atoms with Gasteiger partial charge < -0.3 is 20.0 Å². The van der Waals surface area contributed by atoms with E-state index in [0.717, 1.165) is 0 Å². The van der Waals surface area contributed by atoms with Crippen molar-refractivity contribution in [1.82, 2.24) is 0 Å². The van der Waals surface area contributed by atoms with Crippen LogP contribution in [0.25, 0.3) is 0 Å².